The van der Waals surface area contributed by atoms with Crippen LogP contribution >= 0.6 is 0 Å². The Morgan fingerprint density at radius 1 is 1.00 bits per heavy atom. The van der Waals surface area contributed by atoms with E-state index in [0.29, 0.717) is 18.7 Å². The molecule has 0 heterocycles. The van der Waals surface area contributed by atoms with Crippen molar-refractivity contribution in [3.63, 3.8) is 0 Å². The number of allylic oxidation sites excluding steroid dienone is 1. The molecule has 4 heteroatoms. The molecule has 4 nitrogen and oxygen atoms in total. The van der Waals surface area contributed by atoms with Gasteiger partial charge in [-0.3, -0.25) is 4.79 Å². The highest BCUT2D eigenvalue weighted by atomic mass is 16.5. The van der Waals surface area contributed by atoms with Gasteiger partial charge in [0, 0.05) is 17.7 Å². The Kier molecular flexibility index (Phi) is 7.20. The quantitative estimate of drug-likeness (QED) is 0.419. The van der Waals surface area contributed by atoms with Gasteiger partial charge in [0.25, 0.3) is 0 Å². The van der Waals surface area contributed by atoms with E-state index in [2.05, 4.69) is 5.32 Å². The summed E-state index contributed by atoms with van der Waals surface area (Å²) in [6.45, 7) is 1.20. The molecule has 0 spiro atoms. The summed E-state index contributed by atoms with van der Waals surface area (Å²) in [5.74, 6) is 1.48. The Morgan fingerprint density at radius 2 is 1.76 bits per heavy atom. The van der Waals surface area contributed by atoms with Crippen LogP contribution in [0.2, 0.25) is 0 Å². The number of methoxy groups -OCH3 is 1. The van der Waals surface area contributed by atoms with Crippen molar-refractivity contribution in [3.05, 3.63) is 101 Å². The van der Waals surface area contributed by atoms with Gasteiger partial charge in [-0.25, -0.2) is 0 Å². The summed E-state index contributed by atoms with van der Waals surface area (Å²) >= 11 is 0. The number of ketones is 1. The van der Waals surface area contributed by atoms with E-state index in [-0.39, 0.29) is 5.78 Å². The molecule has 148 valence electrons. The molecular weight excluding hydrogens is 362 g/mol. The highest BCUT2D eigenvalue weighted by Crippen LogP contribution is 2.23. The first-order valence-electron chi connectivity index (χ1n) is 9.50. The van der Waals surface area contributed by atoms with Crippen LogP contribution in [0.25, 0.3) is 6.08 Å². The fourth-order valence-electron chi connectivity index (χ4n) is 2.90. The molecular formula is C25H25NO3. The largest absolute Gasteiger partial charge is 0.497 e. The molecule has 0 aliphatic heterocycles. The zero-order chi connectivity index (χ0) is 20.5. The average molecular weight is 387 g/mol. The van der Waals surface area contributed by atoms with Crippen molar-refractivity contribution in [2.24, 2.45) is 0 Å². The second kappa shape index (κ2) is 10.2. The van der Waals surface area contributed by atoms with Gasteiger partial charge in [0.2, 0.25) is 0 Å². The Bertz CT molecular complexity index is 963. The topological polar surface area (TPSA) is 47.6 Å². The van der Waals surface area contributed by atoms with Crippen LogP contribution in [0.3, 0.4) is 0 Å². The summed E-state index contributed by atoms with van der Waals surface area (Å²) in [5, 5.41) is 3.16. The normalized spacial score (nSPS) is 10.8. The van der Waals surface area contributed by atoms with Crippen LogP contribution in [-0.4, -0.2) is 19.9 Å². The van der Waals surface area contributed by atoms with Crippen LogP contribution in [0.4, 0.5) is 0 Å². The molecule has 0 amide bonds. The number of rotatable bonds is 9. The number of carbonyl (C=O) groups excluding carboxylic acids is 1. The fourth-order valence-corrected chi connectivity index (χ4v) is 2.90. The molecule has 0 saturated carbocycles. The van der Waals surface area contributed by atoms with Crippen LogP contribution in [0.5, 0.6) is 11.5 Å². The van der Waals surface area contributed by atoms with Crippen LogP contribution in [0, 0.1) is 0 Å². The Balaban J connectivity index is 1.74. The average Bonchev–Trinajstić information content (AvgIpc) is 2.78. The summed E-state index contributed by atoms with van der Waals surface area (Å²) < 4.78 is 11.2. The summed E-state index contributed by atoms with van der Waals surface area (Å²) in [4.78, 5) is 12.4. The molecule has 3 aromatic carbocycles. The van der Waals surface area contributed by atoms with Gasteiger partial charge in [0.1, 0.15) is 18.1 Å². The number of hydrogen-bond donors (Lipinski definition) is 1. The monoisotopic (exact) mass is 387 g/mol. The highest BCUT2D eigenvalue weighted by molar-refractivity contribution is 6.06. The standard InChI is InChI=1S/C25H25NO3/c1-26-17-22-10-8-19(16-25(22)29-18-20-6-4-3-5-7-20)9-15-24(27)21-11-13-23(28-2)14-12-21/h3-16,26H,17-18H2,1-2H3/b15-9+. The zero-order valence-electron chi connectivity index (χ0n) is 16.7. The Labute approximate surface area is 171 Å². The van der Waals surface area contributed by atoms with E-state index in [1.54, 1.807) is 37.5 Å². The van der Waals surface area contributed by atoms with Crippen LogP contribution < -0.4 is 14.8 Å². The van der Waals surface area contributed by atoms with Crippen molar-refractivity contribution < 1.29 is 14.3 Å². The maximum atomic E-state index is 12.4. The predicted octanol–water partition coefficient (Wildman–Crippen LogP) is 4.89. The molecule has 1 N–H and O–H groups in total. The molecule has 0 fully saturated rings. The van der Waals surface area contributed by atoms with Gasteiger partial charge in [0.15, 0.2) is 5.78 Å². The van der Waals surface area contributed by atoms with E-state index in [1.807, 2.05) is 61.7 Å². The maximum absolute atomic E-state index is 12.4. The van der Waals surface area contributed by atoms with Gasteiger partial charge in [-0.05, 0) is 54.6 Å². The molecule has 0 bridgehead atoms. The van der Waals surface area contributed by atoms with Crippen LogP contribution in [-0.2, 0) is 13.2 Å². The molecule has 3 rings (SSSR count). The van der Waals surface area contributed by atoms with Gasteiger partial charge >= 0.3 is 0 Å². The van der Waals surface area contributed by atoms with Crippen LogP contribution in [0.15, 0.2) is 78.9 Å². The molecule has 0 radical (unpaired) electrons. The summed E-state index contributed by atoms with van der Waals surface area (Å²) in [7, 11) is 3.51. The Morgan fingerprint density at radius 3 is 2.45 bits per heavy atom. The lowest BCUT2D eigenvalue weighted by atomic mass is 10.1. The maximum Gasteiger partial charge on any atom is 0.185 e. The lowest BCUT2D eigenvalue weighted by Gasteiger charge is -2.12. The molecule has 0 aromatic heterocycles. The lowest BCUT2D eigenvalue weighted by molar-refractivity contribution is 0.104. The van der Waals surface area contributed by atoms with Crippen molar-refractivity contribution in [3.8, 4) is 11.5 Å². The van der Waals surface area contributed by atoms with Crippen LogP contribution in [0.1, 0.15) is 27.0 Å². The second-order valence-corrected chi connectivity index (χ2v) is 6.60. The van der Waals surface area contributed by atoms with Gasteiger partial charge < -0.3 is 14.8 Å². The summed E-state index contributed by atoms with van der Waals surface area (Å²) in [6.07, 6.45) is 3.39. The third kappa shape index (κ3) is 5.80. The molecule has 29 heavy (non-hydrogen) atoms. The first-order valence-corrected chi connectivity index (χ1v) is 9.50. The second-order valence-electron chi connectivity index (χ2n) is 6.60. The van der Waals surface area contributed by atoms with Crippen molar-refractivity contribution in [1.29, 1.82) is 0 Å². The highest BCUT2D eigenvalue weighted by Gasteiger charge is 2.06. The molecule has 0 saturated heterocycles. The van der Waals surface area contributed by atoms with Crippen molar-refractivity contribution >= 4 is 11.9 Å². The minimum Gasteiger partial charge on any atom is -0.497 e. The van der Waals surface area contributed by atoms with E-state index >= 15 is 0 Å². The molecule has 0 atom stereocenters. The SMILES string of the molecule is CNCc1ccc(/C=C/C(=O)c2ccc(OC)cc2)cc1OCc1ccccc1. The third-order valence-corrected chi connectivity index (χ3v) is 4.50. The van der Waals surface area contributed by atoms with E-state index in [9.17, 15) is 4.79 Å². The first-order chi connectivity index (χ1) is 14.2. The van der Waals surface area contributed by atoms with Crippen molar-refractivity contribution in [1.82, 2.24) is 5.32 Å². The van der Waals surface area contributed by atoms with Crippen molar-refractivity contribution in [2.75, 3.05) is 14.2 Å². The number of benzene rings is 3. The van der Waals surface area contributed by atoms with E-state index in [0.717, 1.165) is 28.2 Å². The smallest absolute Gasteiger partial charge is 0.185 e. The van der Waals surface area contributed by atoms with Gasteiger partial charge in [-0.2, -0.15) is 0 Å². The number of ether oxygens (including phenoxy) is 2. The molecule has 0 unspecified atom stereocenters. The van der Waals surface area contributed by atoms with Gasteiger partial charge in [0.05, 0.1) is 7.11 Å². The first kappa shape index (κ1) is 20.4. The molecule has 0 aliphatic rings. The fraction of sp³-hybridized carbons (Fsp3) is 0.160. The number of carbonyl (C=O) groups is 1. The molecule has 0 aliphatic carbocycles. The predicted molar refractivity (Wildman–Crippen MR) is 116 cm³/mol. The number of nitrogens with one attached hydrogen (secondary N) is 1. The van der Waals surface area contributed by atoms with E-state index in [4.69, 9.17) is 9.47 Å². The van der Waals surface area contributed by atoms with E-state index in [1.165, 1.54) is 0 Å². The van der Waals surface area contributed by atoms with E-state index < -0.39 is 0 Å². The van der Waals surface area contributed by atoms with Gasteiger partial charge in [-0.1, -0.05) is 48.5 Å². The third-order valence-electron chi connectivity index (χ3n) is 4.50. The minimum absolute atomic E-state index is 0.0568. The van der Waals surface area contributed by atoms with Crippen molar-refractivity contribution in [2.45, 2.75) is 13.2 Å². The zero-order valence-corrected chi connectivity index (χ0v) is 16.7. The minimum atomic E-state index is -0.0568. The lowest BCUT2D eigenvalue weighted by Crippen LogP contribution is -2.07. The molecule has 3 aromatic rings. The summed E-state index contributed by atoms with van der Waals surface area (Å²) in [5.41, 5.74) is 3.71. The van der Waals surface area contributed by atoms with Gasteiger partial charge in [-0.15, -0.1) is 0 Å². The summed E-state index contributed by atoms with van der Waals surface area (Å²) in [6, 6.07) is 23.1. The number of hydrogen-bond acceptors (Lipinski definition) is 4. The Hall–Kier alpha value is -3.37.